The van der Waals surface area contributed by atoms with E-state index in [4.69, 9.17) is 15.2 Å². The first kappa shape index (κ1) is 14.9. The third kappa shape index (κ3) is 3.34. The topological polar surface area (TPSA) is 61.5 Å². The van der Waals surface area contributed by atoms with E-state index in [0.717, 1.165) is 11.1 Å². The van der Waals surface area contributed by atoms with E-state index in [0.29, 0.717) is 17.9 Å². The highest BCUT2D eigenvalue weighted by molar-refractivity contribution is 5.83. The average Bonchev–Trinajstić information content (AvgIpc) is 2.52. The molecule has 4 heteroatoms. The molecule has 2 rings (SSSR count). The number of ether oxygens (including phenoxy) is 2. The van der Waals surface area contributed by atoms with Crippen LogP contribution in [0.25, 0.3) is 0 Å². The molecule has 1 unspecified atom stereocenters. The van der Waals surface area contributed by atoms with E-state index in [9.17, 15) is 4.79 Å². The predicted molar refractivity (Wildman–Crippen MR) is 81.6 cm³/mol. The number of nitrogens with two attached hydrogens (primary N) is 1. The molecule has 0 aromatic heterocycles. The Morgan fingerprint density at radius 1 is 1.05 bits per heavy atom. The van der Waals surface area contributed by atoms with Gasteiger partial charge in [-0.1, -0.05) is 42.5 Å². The van der Waals surface area contributed by atoms with Crippen LogP contribution in [0, 0.1) is 0 Å². The van der Waals surface area contributed by atoms with Gasteiger partial charge in [-0.25, -0.2) is 0 Å². The van der Waals surface area contributed by atoms with Crippen LogP contribution >= 0.6 is 0 Å². The predicted octanol–water partition coefficient (Wildman–Crippen LogP) is 2.52. The van der Waals surface area contributed by atoms with Gasteiger partial charge in [-0.3, -0.25) is 4.79 Å². The van der Waals surface area contributed by atoms with Crippen LogP contribution < -0.4 is 15.2 Å². The highest BCUT2D eigenvalue weighted by Crippen LogP contribution is 2.36. The third-order valence-corrected chi connectivity index (χ3v) is 3.43. The van der Waals surface area contributed by atoms with Crippen LogP contribution in [0.3, 0.4) is 0 Å². The van der Waals surface area contributed by atoms with Crippen molar-refractivity contribution in [3.05, 3.63) is 59.7 Å². The molecule has 0 aliphatic rings. The summed E-state index contributed by atoms with van der Waals surface area (Å²) in [6.07, 6.45) is 0.527. The SMILES string of the molecule is COc1cccc(C(Cc2ccccc2)C(N)=O)c1OC. The Morgan fingerprint density at radius 3 is 2.33 bits per heavy atom. The lowest BCUT2D eigenvalue weighted by Gasteiger charge is -2.19. The van der Waals surface area contributed by atoms with E-state index in [1.165, 1.54) is 0 Å². The standard InChI is InChI=1S/C17H19NO3/c1-20-15-10-6-9-13(16(15)21-2)14(17(18)19)11-12-7-4-3-5-8-12/h3-10,14H,11H2,1-2H3,(H2,18,19). The van der Waals surface area contributed by atoms with Crippen LogP contribution in [0.5, 0.6) is 11.5 Å². The van der Waals surface area contributed by atoms with Crippen molar-refractivity contribution in [3.63, 3.8) is 0 Å². The van der Waals surface area contributed by atoms with Gasteiger partial charge in [0.2, 0.25) is 5.91 Å². The molecule has 2 aromatic carbocycles. The molecule has 0 fully saturated rings. The lowest BCUT2D eigenvalue weighted by atomic mass is 9.90. The summed E-state index contributed by atoms with van der Waals surface area (Å²) in [7, 11) is 3.13. The normalized spacial score (nSPS) is 11.7. The van der Waals surface area contributed by atoms with Crippen molar-refractivity contribution in [3.8, 4) is 11.5 Å². The first-order valence-corrected chi connectivity index (χ1v) is 6.71. The molecule has 0 bridgehead atoms. The summed E-state index contributed by atoms with van der Waals surface area (Å²) < 4.78 is 10.7. The molecule has 110 valence electrons. The first-order valence-electron chi connectivity index (χ1n) is 6.71. The molecule has 0 radical (unpaired) electrons. The Morgan fingerprint density at radius 2 is 1.76 bits per heavy atom. The summed E-state index contributed by atoms with van der Waals surface area (Å²) in [5.41, 5.74) is 7.39. The Labute approximate surface area is 124 Å². The van der Waals surface area contributed by atoms with E-state index in [2.05, 4.69) is 0 Å². The van der Waals surface area contributed by atoms with E-state index < -0.39 is 5.92 Å². The van der Waals surface area contributed by atoms with E-state index in [1.807, 2.05) is 42.5 Å². The first-order chi connectivity index (χ1) is 10.2. The van der Waals surface area contributed by atoms with E-state index in [1.54, 1.807) is 20.3 Å². The van der Waals surface area contributed by atoms with Crippen molar-refractivity contribution in [2.75, 3.05) is 14.2 Å². The zero-order valence-corrected chi connectivity index (χ0v) is 12.2. The maximum Gasteiger partial charge on any atom is 0.225 e. The van der Waals surface area contributed by atoms with Crippen LogP contribution in [-0.2, 0) is 11.2 Å². The molecule has 2 N–H and O–H groups in total. The van der Waals surface area contributed by atoms with Gasteiger partial charge in [-0.15, -0.1) is 0 Å². The smallest absolute Gasteiger partial charge is 0.225 e. The Balaban J connectivity index is 2.41. The average molecular weight is 285 g/mol. The van der Waals surface area contributed by atoms with Crippen molar-refractivity contribution in [1.29, 1.82) is 0 Å². The second-order valence-electron chi connectivity index (χ2n) is 4.73. The molecule has 0 saturated carbocycles. The minimum Gasteiger partial charge on any atom is -0.493 e. The zero-order valence-electron chi connectivity index (χ0n) is 12.2. The summed E-state index contributed by atoms with van der Waals surface area (Å²) in [5, 5.41) is 0. The van der Waals surface area contributed by atoms with Crippen LogP contribution in [-0.4, -0.2) is 20.1 Å². The highest BCUT2D eigenvalue weighted by Gasteiger charge is 2.24. The molecule has 2 aromatic rings. The largest absolute Gasteiger partial charge is 0.493 e. The maximum absolute atomic E-state index is 11.9. The molecule has 0 heterocycles. The van der Waals surface area contributed by atoms with Crippen molar-refractivity contribution >= 4 is 5.91 Å². The van der Waals surface area contributed by atoms with Gasteiger partial charge in [0.1, 0.15) is 0 Å². The minimum atomic E-state index is -0.461. The number of methoxy groups -OCH3 is 2. The number of amides is 1. The zero-order chi connectivity index (χ0) is 15.2. The Kier molecular flexibility index (Phi) is 4.82. The maximum atomic E-state index is 11.9. The molecule has 0 aliphatic heterocycles. The van der Waals surface area contributed by atoms with Crippen molar-refractivity contribution in [1.82, 2.24) is 0 Å². The molecule has 1 amide bonds. The number of rotatable bonds is 6. The lowest BCUT2D eigenvalue weighted by molar-refractivity contribution is -0.119. The van der Waals surface area contributed by atoms with E-state index >= 15 is 0 Å². The molecular formula is C17H19NO3. The number of para-hydroxylation sites is 1. The fourth-order valence-corrected chi connectivity index (χ4v) is 2.40. The summed E-state index contributed by atoms with van der Waals surface area (Å²) >= 11 is 0. The summed E-state index contributed by atoms with van der Waals surface area (Å²) in [6.45, 7) is 0. The highest BCUT2D eigenvalue weighted by atomic mass is 16.5. The van der Waals surface area contributed by atoms with Crippen molar-refractivity contribution < 1.29 is 14.3 Å². The number of hydrogen-bond donors (Lipinski definition) is 1. The Hall–Kier alpha value is -2.49. The van der Waals surface area contributed by atoms with Gasteiger partial charge in [0, 0.05) is 5.56 Å². The number of primary amides is 1. The third-order valence-electron chi connectivity index (χ3n) is 3.43. The number of hydrogen-bond acceptors (Lipinski definition) is 3. The monoisotopic (exact) mass is 285 g/mol. The van der Waals surface area contributed by atoms with Gasteiger partial charge in [-0.05, 0) is 18.1 Å². The number of carbonyl (C=O) groups excluding carboxylic acids is 1. The minimum absolute atomic E-state index is 0.384. The molecule has 0 aliphatic carbocycles. The molecule has 0 saturated heterocycles. The molecule has 1 atom stereocenters. The van der Waals surface area contributed by atoms with Gasteiger partial charge in [0.05, 0.1) is 20.1 Å². The van der Waals surface area contributed by atoms with Gasteiger partial charge in [-0.2, -0.15) is 0 Å². The second kappa shape index (κ2) is 6.79. The van der Waals surface area contributed by atoms with Crippen molar-refractivity contribution in [2.24, 2.45) is 5.73 Å². The number of benzene rings is 2. The lowest BCUT2D eigenvalue weighted by Crippen LogP contribution is -2.24. The Bertz CT molecular complexity index is 611. The molecule has 21 heavy (non-hydrogen) atoms. The summed E-state index contributed by atoms with van der Waals surface area (Å²) in [6, 6.07) is 15.2. The molecule has 0 spiro atoms. The summed E-state index contributed by atoms with van der Waals surface area (Å²) in [4.78, 5) is 11.9. The van der Waals surface area contributed by atoms with Crippen LogP contribution in [0.2, 0.25) is 0 Å². The quantitative estimate of drug-likeness (QED) is 0.887. The summed E-state index contributed by atoms with van der Waals surface area (Å²) in [5.74, 6) is 0.303. The van der Waals surface area contributed by atoms with Crippen LogP contribution in [0.4, 0.5) is 0 Å². The van der Waals surface area contributed by atoms with Crippen LogP contribution in [0.1, 0.15) is 17.0 Å². The van der Waals surface area contributed by atoms with Gasteiger partial charge < -0.3 is 15.2 Å². The van der Waals surface area contributed by atoms with Gasteiger partial charge in [0.15, 0.2) is 11.5 Å². The second-order valence-corrected chi connectivity index (χ2v) is 4.73. The van der Waals surface area contributed by atoms with Crippen molar-refractivity contribution in [2.45, 2.75) is 12.3 Å². The molecular weight excluding hydrogens is 266 g/mol. The van der Waals surface area contributed by atoms with E-state index in [-0.39, 0.29) is 5.91 Å². The van der Waals surface area contributed by atoms with Crippen LogP contribution in [0.15, 0.2) is 48.5 Å². The van der Waals surface area contributed by atoms with Gasteiger partial charge in [0.25, 0.3) is 0 Å². The fourth-order valence-electron chi connectivity index (χ4n) is 2.40. The number of carbonyl (C=O) groups is 1. The van der Waals surface area contributed by atoms with Gasteiger partial charge >= 0.3 is 0 Å². The fraction of sp³-hybridized carbons (Fsp3) is 0.235. The molecule has 4 nitrogen and oxygen atoms in total.